The highest BCUT2D eigenvalue weighted by Crippen LogP contribution is 2.13. The molecule has 0 aromatic heterocycles. The molecule has 0 heterocycles. The average Bonchev–Trinajstić information content (AvgIpc) is 2.31. The minimum Gasteiger partial charge on any atom is -0.341 e. The zero-order chi connectivity index (χ0) is 10.7. The van der Waals surface area contributed by atoms with Crippen molar-refractivity contribution in [1.29, 1.82) is 0 Å². The predicted octanol–water partition coefficient (Wildman–Crippen LogP) is 3.27. The zero-order valence-corrected chi connectivity index (χ0v) is 12.0. The summed E-state index contributed by atoms with van der Waals surface area (Å²) in [6, 6.07) is 14.3. The third-order valence-electron chi connectivity index (χ3n) is 2.24. The summed E-state index contributed by atoms with van der Waals surface area (Å²) < 4.78 is 10.5. The Morgan fingerprint density at radius 2 is 1.53 bits per heavy atom. The smallest absolute Gasteiger partial charge is 0.341 e. The Labute approximate surface area is 117 Å². The molecular formula is C10H7BI2O2. The van der Waals surface area contributed by atoms with Gasteiger partial charge in [0, 0.05) is 0 Å². The van der Waals surface area contributed by atoms with Crippen LogP contribution in [0.1, 0.15) is 0 Å². The molecule has 0 atom stereocenters. The topological polar surface area (TPSA) is 18.5 Å². The van der Waals surface area contributed by atoms with E-state index in [9.17, 15) is 0 Å². The number of fused-ring (bicyclic) bond motifs is 1. The summed E-state index contributed by atoms with van der Waals surface area (Å²) in [7, 11) is -0.322. The molecule has 0 aliphatic heterocycles. The highest BCUT2D eigenvalue weighted by atomic mass is 127. The van der Waals surface area contributed by atoms with Gasteiger partial charge in [-0.15, -0.1) is 0 Å². The van der Waals surface area contributed by atoms with Crippen LogP contribution < -0.4 is 5.46 Å². The maximum absolute atomic E-state index is 5.23. The Hall–Kier alpha value is 0.145. The van der Waals surface area contributed by atoms with Crippen LogP contribution >= 0.6 is 46.0 Å². The second-order valence-corrected chi connectivity index (χ2v) is 4.10. The minimum atomic E-state index is -0.322. The van der Waals surface area contributed by atoms with Crippen molar-refractivity contribution in [2.75, 3.05) is 0 Å². The second kappa shape index (κ2) is 5.47. The largest absolute Gasteiger partial charge is 0.513 e. The lowest BCUT2D eigenvalue weighted by atomic mass is 9.77. The van der Waals surface area contributed by atoms with Gasteiger partial charge in [-0.05, 0) is 16.2 Å². The molecule has 76 valence electrons. The van der Waals surface area contributed by atoms with Gasteiger partial charge in [-0.25, -0.2) is 0 Å². The van der Waals surface area contributed by atoms with Crippen LogP contribution in [0.3, 0.4) is 0 Å². The van der Waals surface area contributed by atoms with E-state index in [2.05, 4.69) is 18.2 Å². The lowest BCUT2D eigenvalue weighted by Crippen LogP contribution is -2.31. The molecule has 2 aromatic rings. The quantitative estimate of drug-likeness (QED) is 0.557. The van der Waals surface area contributed by atoms with Crippen molar-refractivity contribution in [2.45, 2.75) is 0 Å². The lowest BCUT2D eigenvalue weighted by molar-refractivity contribution is 0.597. The van der Waals surface area contributed by atoms with Crippen molar-refractivity contribution in [2.24, 2.45) is 0 Å². The molecule has 0 radical (unpaired) electrons. The van der Waals surface area contributed by atoms with Crippen LogP contribution in [0.25, 0.3) is 10.8 Å². The van der Waals surface area contributed by atoms with E-state index in [0.29, 0.717) is 0 Å². The second-order valence-electron chi connectivity index (χ2n) is 3.08. The molecule has 0 fully saturated rings. The maximum Gasteiger partial charge on any atom is 0.513 e. The van der Waals surface area contributed by atoms with E-state index in [1.54, 1.807) is 0 Å². The summed E-state index contributed by atoms with van der Waals surface area (Å²) in [5.74, 6) is 0. The fourth-order valence-corrected chi connectivity index (χ4v) is 2.72. The van der Waals surface area contributed by atoms with Gasteiger partial charge in [0.25, 0.3) is 0 Å². The van der Waals surface area contributed by atoms with Crippen molar-refractivity contribution in [3.63, 3.8) is 0 Å². The predicted molar refractivity (Wildman–Crippen MR) is 79.5 cm³/mol. The highest BCUT2D eigenvalue weighted by Gasteiger charge is 2.21. The van der Waals surface area contributed by atoms with Gasteiger partial charge >= 0.3 is 7.12 Å². The molecule has 0 amide bonds. The van der Waals surface area contributed by atoms with Crippen LogP contribution in [0.4, 0.5) is 0 Å². The SMILES string of the molecule is IOB(OI)c1cccc2ccccc12. The molecule has 0 saturated heterocycles. The van der Waals surface area contributed by atoms with Crippen molar-refractivity contribution < 1.29 is 5.97 Å². The van der Waals surface area contributed by atoms with Crippen LogP contribution in [-0.4, -0.2) is 7.12 Å². The van der Waals surface area contributed by atoms with Crippen molar-refractivity contribution in [3.05, 3.63) is 42.5 Å². The standard InChI is InChI=1S/C10H7BI2O2/c12-14-11(15-13)10-7-3-5-8-4-1-2-6-9(8)10/h1-7H. The summed E-state index contributed by atoms with van der Waals surface area (Å²) in [4.78, 5) is 0. The molecule has 2 nitrogen and oxygen atoms in total. The van der Waals surface area contributed by atoms with E-state index in [0.717, 1.165) is 5.46 Å². The van der Waals surface area contributed by atoms with E-state index < -0.39 is 0 Å². The van der Waals surface area contributed by atoms with Gasteiger partial charge in [0.2, 0.25) is 0 Å². The van der Waals surface area contributed by atoms with Gasteiger partial charge in [0.05, 0.1) is 46.0 Å². The van der Waals surface area contributed by atoms with Crippen molar-refractivity contribution in [3.8, 4) is 0 Å². The van der Waals surface area contributed by atoms with Crippen LogP contribution in [0.2, 0.25) is 0 Å². The Balaban J connectivity index is 2.59. The third-order valence-corrected chi connectivity index (χ3v) is 3.16. The van der Waals surface area contributed by atoms with Crippen molar-refractivity contribution in [1.82, 2.24) is 0 Å². The molecule has 0 spiro atoms. The lowest BCUT2D eigenvalue weighted by Gasteiger charge is -2.09. The summed E-state index contributed by atoms with van der Waals surface area (Å²) in [5, 5.41) is 2.36. The summed E-state index contributed by atoms with van der Waals surface area (Å²) in [6.07, 6.45) is 0. The molecule has 2 rings (SSSR count). The fourth-order valence-electron chi connectivity index (χ4n) is 1.57. The molecule has 5 heteroatoms. The Bertz CT molecular complexity index is 455. The molecular weight excluding hydrogens is 417 g/mol. The maximum atomic E-state index is 5.23. The Morgan fingerprint density at radius 1 is 0.867 bits per heavy atom. The van der Waals surface area contributed by atoms with Crippen LogP contribution in [-0.2, 0) is 5.97 Å². The number of rotatable bonds is 3. The molecule has 0 N–H and O–H groups in total. The Morgan fingerprint density at radius 3 is 2.27 bits per heavy atom. The average molecular weight is 424 g/mol. The molecule has 0 unspecified atom stereocenters. The Kier molecular flexibility index (Phi) is 4.24. The molecule has 0 saturated carbocycles. The van der Waals surface area contributed by atoms with Gasteiger partial charge < -0.3 is 5.97 Å². The first-order chi connectivity index (χ1) is 7.36. The summed E-state index contributed by atoms with van der Waals surface area (Å²) in [6.45, 7) is 0. The van der Waals surface area contributed by atoms with Crippen molar-refractivity contribution >= 4 is 69.4 Å². The zero-order valence-electron chi connectivity index (χ0n) is 7.69. The first kappa shape index (κ1) is 11.6. The van der Waals surface area contributed by atoms with E-state index in [1.807, 2.05) is 70.3 Å². The number of hydrogen-bond donors (Lipinski definition) is 0. The monoisotopic (exact) mass is 424 g/mol. The molecule has 15 heavy (non-hydrogen) atoms. The molecule has 2 aromatic carbocycles. The highest BCUT2D eigenvalue weighted by molar-refractivity contribution is 14.1. The minimum absolute atomic E-state index is 0.322. The number of hydrogen-bond acceptors (Lipinski definition) is 2. The van der Waals surface area contributed by atoms with Gasteiger partial charge in [-0.1, -0.05) is 42.5 Å². The third kappa shape index (κ3) is 2.46. The normalized spacial score (nSPS) is 10.5. The van der Waals surface area contributed by atoms with E-state index in [-0.39, 0.29) is 7.12 Å². The van der Waals surface area contributed by atoms with E-state index >= 15 is 0 Å². The van der Waals surface area contributed by atoms with Gasteiger partial charge in [0.15, 0.2) is 0 Å². The molecule has 0 aliphatic carbocycles. The van der Waals surface area contributed by atoms with Gasteiger partial charge in [0.1, 0.15) is 0 Å². The van der Waals surface area contributed by atoms with Gasteiger partial charge in [-0.3, -0.25) is 0 Å². The fraction of sp³-hybridized carbons (Fsp3) is 0. The summed E-state index contributed by atoms with van der Waals surface area (Å²) in [5.41, 5.74) is 1.05. The first-order valence-electron chi connectivity index (χ1n) is 4.39. The van der Waals surface area contributed by atoms with E-state index in [1.165, 1.54) is 10.8 Å². The number of benzene rings is 2. The van der Waals surface area contributed by atoms with Crippen LogP contribution in [0.15, 0.2) is 42.5 Å². The van der Waals surface area contributed by atoms with Gasteiger partial charge in [-0.2, -0.15) is 0 Å². The molecule has 0 bridgehead atoms. The number of halogens is 2. The summed E-state index contributed by atoms with van der Waals surface area (Å²) >= 11 is 3.71. The van der Waals surface area contributed by atoms with E-state index in [4.69, 9.17) is 5.97 Å². The molecule has 0 aliphatic rings. The van der Waals surface area contributed by atoms with Crippen LogP contribution in [0.5, 0.6) is 0 Å². The first-order valence-corrected chi connectivity index (χ1v) is 6.15. The van der Waals surface area contributed by atoms with Crippen LogP contribution in [0, 0.1) is 0 Å².